The second-order valence-electron chi connectivity index (χ2n) is 6.27. The van der Waals surface area contributed by atoms with Crippen molar-refractivity contribution >= 4 is 17.4 Å². The maximum Gasteiger partial charge on any atom is 0.223 e. The van der Waals surface area contributed by atoms with Crippen molar-refractivity contribution in [2.24, 2.45) is 0 Å². The predicted molar refractivity (Wildman–Crippen MR) is 96.5 cm³/mol. The molecule has 0 N–H and O–H groups in total. The van der Waals surface area contributed by atoms with Crippen molar-refractivity contribution in [1.29, 1.82) is 0 Å². The third-order valence-electron chi connectivity index (χ3n) is 4.67. The number of rotatable bonds is 4. The number of piperazine rings is 1. The number of hydrogen-bond donors (Lipinski definition) is 0. The highest BCUT2D eigenvalue weighted by molar-refractivity contribution is 5.76. The van der Waals surface area contributed by atoms with Crippen LogP contribution in [-0.4, -0.2) is 51.6 Å². The van der Waals surface area contributed by atoms with Gasteiger partial charge >= 0.3 is 0 Å². The van der Waals surface area contributed by atoms with Crippen LogP contribution in [0.25, 0.3) is 5.65 Å². The number of benzene rings is 1. The average Bonchev–Trinajstić information content (AvgIpc) is 3.15. The average molecular weight is 335 g/mol. The molecule has 4 rings (SSSR count). The zero-order valence-corrected chi connectivity index (χ0v) is 14.1. The molecule has 0 unspecified atom stereocenters. The summed E-state index contributed by atoms with van der Waals surface area (Å²) in [5.74, 6) is 1.17. The Kier molecular flexibility index (Phi) is 4.33. The lowest BCUT2D eigenvalue weighted by molar-refractivity contribution is -0.131. The number of nitrogens with zero attached hydrogens (tertiary/aromatic N) is 5. The van der Waals surface area contributed by atoms with Gasteiger partial charge < -0.3 is 9.80 Å². The zero-order valence-electron chi connectivity index (χ0n) is 14.1. The van der Waals surface area contributed by atoms with E-state index in [2.05, 4.69) is 27.1 Å². The van der Waals surface area contributed by atoms with E-state index in [4.69, 9.17) is 0 Å². The number of imidazole rings is 1. The van der Waals surface area contributed by atoms with Gasteiger partial charge in [-0.3, -0.25) is 4.79 Å². The molecule has 25 heavy (non-hydrogen) atoms. The van der Waals surface area contributed by atoms with E-state index in [0.29, 0.717) is 6.42 Å². The number of fused-ring (bicyclic) bond motifs is 1. The van der Waals surface area contributed by atoms with Gasteiger partial charge in [-0.1, -0.05) is 30.3 Å². The highest BCUT2D eigenvalue weighted by atomic mass is 16.2. The van der Waals surface area contributed by atoms with Gasteiger partial charge in [0.05, 0.1) is 0 Å². The predicted octanol–water partition coefficient (Wildman–Crippen LogP) is 2.01. The van der Waals surface area contributed by atoms with Crippen molar-refractivity contribution in [3.63, 3.8) is 0 Å². The number of aryl methyl sites for hydroxylation is 1. The molecule has 3 aromatic rings. The van der Waals surface area contributed by atoms with Crippen LogP contribution in [0.5, 0.6) is 0 Å². The lowest BCUT2D eigenvalue weighted by Gasteiger charge is -2.35. The van der Waals surface area contributed by atoms with E-state index in [1.54, 1.807) is 10.7 Å². The van der Waals surface area contributed by atoms with Crippen LogP contribution >= 0.6 is 0 Å². The van der Waals surface area contributed by atoms with Gasteiger partial charge in [-0.05, 0) is 24.1 Å². The molecule has 1 amide bonds. The third-order valence-corrected chi connectivity index (χ3v) is 4.67. The first-order valence-electron chi connectivity index (χ1n) is 8.67. The Morgan fingerprint density at radius 3 is 2.60 bits per heavy atom. The van der Waals surface area contributed by atoms with Gasteiger partial charge in [0.1, 0.15) is 5.82 Å². The van der Waals surface area contributed by atoms with Crippen molar-refractivity contribution in [2.45, 2.75) is 12.8 Å². The summed E-state index contributed by atoms with van der Waals surface area (Å²) in [7, 11) is 0. The summed E-state index contributed by atoms with van der Waals surface area (Å²) in [5.41, 5.74) is 2.06. The number of anilines is 1. The van der Waals surface area contributed by atoms with Crippen LogP contribution < -0.4 is 4.90 Å². The lowest BCUT2D eigenvalue weighted by Crippen LogP contribution is -2.49. The molecular formula is C19H21N5O. The molecule has 1 saturated heterocycles. The number of carbonyl (C=O) groups is 1. The molecule has 0 bridgehead atoms. The number of aromatic nitrogens is 3. The highest BCUT2D eigenvalue weighted by Crippen LogP contribution is 2.15. The summed E-state index contributed by atoms with van der Waals surface area (Å²) in [6.07, 6.45) is 4.97. The molecule has 0 saturated carbocycles. The van der Waals surface area contributed by atoms with Crippen LogP contribution in [-0.2, 0) is 11.2 Å². The van der Waals surface area contributed by atoms with Gasteiger partial charge in [0.25, 0.3) is 0 Å². The van der Waals surface area contributed by atoms with Gasteiger partial charge in [0.2, 0.25) is 5.91 Å². The Bertz CT molecular complexity index is 852. The van der Waals surface area contributed by atoms with E-state index in [0.717, 1.165) is 44.1 Å². The van der Waals surface area contributed by atoms with Gasteiger partial charge in [-0.15, -0.1) is 5.10 Å². The monoisotopic (exact) mass is 335 g/mol. The minimum atomic E-state index is 0.238. The first-order valence-corrected chi connectivity index (χ1v) is 8.67. The van der Waals surface area contributed by atoms with Crippen molar-refractivity contribution in [3.05, 3.63) is 60.4 Å². The fourth-order valence-corrected chi connectivity index (χ4v) is 3.21. The molecule has 3 heterocycles. The summed E-state index contributed by atoms with van der Waals surface area (Å²) in [5, 5.41) is 4.58. The van der Waals surface area contributed by atoms with Gasteiger partial charge in [-0.2, -0.15) is 0 Å². The molecule has 1 aromatic carbocycles. The number of amides is 1. The zero-order chi connectivity index (χ0) is 17.1. The quantitative estimate of drug-likeness (QED) is 0.732. The number of carbonyl (C=O) groups excluding carboxylic acids is 1. The smallest absolute Gasteiger partial charge is 0.223 e. The van der Waals surface area contributed by atoms with Crippen molar-refractivity contribution in [2.75, 3.05) is 31.1 Å². The third kappa shape index (κ3) is 3.47. The minimum Gasteiger partial charge on any atom is -0.352 e. The Hall–Kier alpha value is -2.89. The molecule has 128 valence electrons. The van der Waals surface area contributed by atoms with Crippen molar-refractivity contribution in [3.8, 4) is 0 Å². The van der Waals surface area contributed by atoms with E-state index in [1.807, 2.05) is 41.4 Å². The molecule has 1 aliphatic heterocycles. The summed E-state index contributed by atoms with van der Waals surface area (Å²) in [6, 6.07) is 14.1. The first kappa shape index (κ1) is 15.6. The fraction of sp³-hybridized carbons (Fsp3) is 0.316. The molecule has 1 aliphatic rings. The summed E-state index contributed by atoms with van der Waals surface area (Å²) < 4.78 is 1.78. The first-order chi connectivity index (χ1) is 12.3. The summed E-state index contributed by atoms with van der Waals surface area (Å²) in [6.45, 7) is 3.11. The van der Waals surface area contributed by atoms with E-state index >= 15 is 0 Å². The molecular weight excluding hydrogens is 314 g/mol. The summed E-state index contributed by atoms with van der Waals surface area (Å²) in [4.78, 5) is 20.8. The Morgan fingerprint density at radius 1 is 1.00 bits per heavy atom. The van der Waals surface area contributed by atoms with E-state index in [-0.39, 0.29) is 5.91 Å². The Morgan fingerprint density at radius 2 is 1.80 bits per heavy atom. The SMILES string of the molecule is O=C(CCc1ccccc1)N1CCN(c2ccc3nccn3n2)CC1. The topological polar surface area (TPSA) is 53.7 Å². The molecule has 1 fully saturated rings. The molecule has 0 aliphatic carbocycles. The molecule has 6 nitrogen and oxygen atoms in total. The maximum atomic E-state index is 12.4. The van der Waals surface area contributed by atoms with Gasteiger partial charge in [-0.25, -0.2) is 9.50 Å². The van der Waals surface area contributed by atoms with E-state index in [1.165, 1.54) is 5.56 Å². The van der Waals surface area contributed by atoms with E-state index < -0.39 is 0 Å². The molecule has 0 spiro atoms. The normalized spacial score (nSPS) is 14.9. The van der Waals surface area contributed by atoms with Gasteiger partial charge in [0.15, 0.2) is 5.65 Å². The van der Waals surface area contributed by atoms with Crippen LogP contribution in [0, 0.1) is 0 Å². The number of hydrogen-bond acceptors (Lipinski definition) is 4. The van der Waals surface area contributed by atoms with Crippen LogP contribution in [0.1, 0.15) is 12.0 Å². The highest BCUT2D eigenvalue weighted by Gasteiger charge is 2.21. The molecule has 6 heteroatoms. The molecule has 0 radical (unpaired) electrons. The minimum absolute atomic E-state index is 0.238. The second kappa shape index (κ2) is 6.93. The maximum absolute atomic E-state index is 12.4. The largest absolute Gasteiger partial charge is 0.352 e. The Balaban J connectivity index is 1.32. The van der Waals surface area contributed by atoms with Crippen molar-refractivity contribution in [1.82, 2.24) is 19.5 Å². The fourth-order valence-electron chi connectivity index (χ4n) is 3.21. The summed E-state index contributed by atoms with van der Waals surface area (Å²) >= 11 is 0. The van der Waals surface area contributed by atoms with Crippen LogP contribution in [0.4, 0.5) is 5.82 Å². The standard InChI is InChI=1S/C19H21N5O/c25-19(9-6-16-4-2-1-3-5-16)23-14-12-22(13-15-23)18-8-7-17-20-10-11-24(17)21-18/h1-5,7-8,10-11H,6,9,12-15H2. The van der Waals surface area contributed by atoms with Crippen molar-refractivity contribution < 1.29 is 4.79 Å². The lowest BCUT2D eigenvalue weighted by atomic mass is 10.1. The van der Waals surface area contributed by atoms with E-state index in [9.17, 15) is 4.79 Å². The Labute approximate surface area is 146 Å². The van der Waals surface area contributed by atoms with Crippen LogP contribution in [0.15, 0.2) is 54.9 Å². The molecule has 2 aromatic heterocycles. The van der Waals surface area contributed by atoms with Crippen LogP contribution in [0.3, 0.4) is 0 Å². The van der Waals surface area contributed by atoms with Crippen LogP contribution in [0.2, 0.25) is 0 Å². The molecule has 0 atom stereocenters. The second-order valence-corrected chi connectivity index (χ2v) is 6.27. The van der Waals surface area contributed by atoms with Gasteiger partial charge in [0, 0.05) is 45.0 Å².